The fraction of sp³-hybridized carbons (Fsp3) is 0.320. The van der Waals surface area contributed by atoms with Crippen LogP contribution in [0.2, 0.25) is 0 Å². The summed E-state index contributed by atoms with van der Waals surface area (Å²) in [6, 6.07) is 14.2. The molecule has 1 saturated carbocycles. The first kappa shape index (κ1) is 22.1. The minimum absolute atomic E-state index is 0.232. The average Bonchev–Trinajstić information content (AvgIpc) is 2.82. The number of carbonyl (C=O) groups is 1. The standard InChI is InChI=1S/C25H25FN4OS/c1-16-12-17(14-27)2-8-23(16)29-30(15-31)25(32)19-5-3-18(4-6-19)21-10-11-28-24-9-7-20(26)13-22(21)24/h2,7-13,15,18-19,25,29,32H,3-6H2,1H3. The van der Waals surface area contributed by atoms with Gasteiger partial charge in [0.05, 0.1) is 28.2 Å². The molecule has 0 radical (unpaired) electrons. The van der Waals surface area contributed by atoms with Gasteiger partial charge in [-0.05, 0) is 98.0 Å². The maximum atomic E-state index is 13.8. The number of amides is 1. The van der Waals surface area contributed by atoms with E-state index in [9.17, 15) is 9.18 Å². The summed E-state index contributed by atoms with van der Waals surface area (Å²) >= 11 is 4.76. The normalized spacial score (nSPS) is 19.2. The molecule has 0 spiro atoms. The second kappa shape index (κ2) is 9.58. The van der Waals surface area contributed by atoms with Gasteiger partial charge in [-0.1, -0.05) is 0 Å². The number of nitriles is 1. The molecule has 2 aromatic carbocycles. The van der Waals surface area contributed by atoms with E-state index < -0.39 is 0 Å². The first-order valence-electron chi connectivity index (χ1n) is 10.7. The number of anilines is 1. The third-order valence-electron chi connectivity index (χ3n) is 6.37. The van der Waals surface area contributed by atoms with Crippen LogP contribution in [0.25, 0.3) is 10.9 Å². The Labute approximate surface area is 192 Å². The Bertz CT molecular complexity index is 1170. The van der Waals surface area contributed by atoms with Gasteiger partial charge in [0.15, 0.2) is 0 Å². The summed E-state index contributed by atoms with van der Waals surface area (Å²) in [5, 5.41) is 11.1. The van der Waals surface area contributed by atoms with Crippen LogP contribution in [-0.2, 0) is 4.79 Å². The van der Waals surface area contributed by atoms with Gasteiger partial charge in [-0.15, -0.1) is 0 Å². The Morgan fingerprint density at radius 1 is 1.22 bits per heavy atom. The third-order valence-corrected chi connectivity index (χ3v) is 7.04. The molecular formula is C25H25FN4OS. The highest BCUT2D eigenvalue weighted by Crippen LogP contribution is 2.40. The van der Waals surface area contributed by atoms with Gasteiger partial charge >= 0.3 is 0 Å². The van der Waals surface area contributed by atoms with E-state index >= 15 is 0 Å². The van der Waals surface area contributed by atoms with Gasteiger partial charge in [0.2, 0.25) is 6.41 Å². The number of benzene rings is 2. The summed E-state index contributed by atoms with van der Waals surface area (Å²) in [7, 11) is 0. The van der Waals surface area contributed by atoms with Gasteiger partial charge in [0.25, 0.3) is 0 Å². The number of thiol groups is 1. The molecule has 1 unspecified atom stereocenters. The lowest BCUT2D eigenvalue weighted by molar-refractivity contribution is -0.118. The number of aryl methyl sites for hydroxylation is 1. The van der Waals surface area contributed by atoms with Crippen LogP contribution in [0.5, 0.6) is 0 Å². The van der Waals surface area contributed by atoms with E-state index in [0.717, 1.165) is 59.8 Å². The number of hydrogen-bond acceptors (Lipinski definition) is 5. The van der Waals surface area contributed by atoms with Crippen molar-refractivity contribution >= 4 is 35.6 Å². The average molecular weight is 449 g/mol. The smallest absolute Gasteiger partial charge is 0.229 e. The largest absolute Gasteiger partial charge is 0.295 e. The van der Waals surface area contributed by atoms with Gasteiger partial charge in [-0.2, -0.15) is 17.9 Å². The third kappa shape index (κ3) is 4.56. The van der Waals surface area contributed by atoms with Crippen molar-refractivity contribution in [2.75, 3.05) is 5.43 Å². The maximum Gasteiger partial charge on any atom is 0.229 e. The number of fused-ring (bicyclic) bond motifs is 1. The number of hydrogen-bond donors (Lipinski definition) is 2. The van der Waals surface area contributed by atoms with E-state index in [1.54, 1.807) is 36.5 Å². The fourth-order valence-electron chi connectivity index (χ4n) is 4.60. The molecule has 32 heavy (non-hydrogen) atoms. The van der Waals surface area contributed by atoms with Crippen molar-refractivity contribution in [1.29, 1.82) is 5.26 Å². The first-order valence-corrected chi connectivity index (χ1v) is 11.2. The van der Waals surface area contributed by atoms with Gasteiger partial charge < -0.3 is 0 Å². The van der Waals surface area contributed by atoms with Crippen molar-refractivity contribution in [3.05, 3.63) is 71.2 Å². The summed E-state index contributed by atoms with van der Waals surface area (Å²) in [5.41, 5.74) is 7.34. The number of pyridine rings is 1. The second-order valence-electron chi connectivity index (χ2n) is 8.35. The van der Waals surface area contributed by atoms with Gasteiger partial charge in [0, 0.05) is 11.6 Å². The Morgan fingerprint density at radius 3 is 2.69 bits per heavy atom. The number of nitrogens with zero attached hydrogens (tertiary/aromatic N) is 3. The van der Waals surface area contributed by atoms with Crippen LogP contribution < -0.4 is 5.43 Å². The molecule has 1 aliphatic rings. The lowest BCUT2D eigenvalue weighted by Crippen LogP contribution is -2.41. The Morgan fingerprint density at radius 2 is 2.00 bits per heavy atom. The molecule has 0 aliphatic heterocycles. The summed E-state index contributed by atoms with van der Waals surface area (Å²) in [5.74, 6) is 0.315. The van der Waals surface area contributed by atoms with E-state index in [0.29, 0.717) is 11.5 Å². The zero-order chi connectivity index (χ0) is 22.7. The number of aromatic nitrogens is 1. The van der Waals surface area contributed by atoms with Crippen LogP contribution in [0, 0.1) is 30.0 Å². The molecule has 4 rings (SSSR count). The zero-order valence-electron chi connectivity index (χ0n) is 17.8. The summed E-state index contributed by atoms with van der Waals surface area (Å²) in [6.45, 7) is 1.90. The SMILES string of the molecule is Cc1cc(C#N)ccc1NN(C=O)C(S)C1CCC(c2ccnc3ccc(F)cc23)CC1. The molecule has 5 nitrogen and oxygen atoms in total. The van der Waals surface area contributed by atoms with Crippen LogP contribution in [0.15, 0.2) is 48.7 Å². The summed E-state index contributed by atoms with van der Waals surface area (Å²) in [6.07, 6.45) is 6.27. The van der Waals surface area contributed by atoms with Crippen molar-refractivity contribution in [2.45, 2.75) is 43.9 Å². The molecule has 0 bridgehead atoms. The van der Waals surface area contributed by atoms with Crippen LogP contribution in [-0.4, -0.2) is 21.8 Å². The van der Waals surface area contributed by atoms with Crippen LogP contribution in [0.3, 0.4) is 0 Å². The van der Waals surface area contributed by atoms with E-state index in [1.165, 1.54) is 11.1 Å². The fourth-order valence-corrected chi connectivity index (χ4v) is 5.01. The Hall–Kier alpha value is -3.11. The van der Waals surface area contributed by atoms with Crippen LogP contribution in [0.1, 0.15) is 48.3 Å². The van der Waals surface area contributed by atoms with E-state index in [1.807, 2.05) is 13.0 Å². The van der Waals surface area contributed by atoms with Crippen molar-refractivity contribution < 1.29 is 9.18 Å². The predicted octanol–water partition coefficient (Wildman–Crippen LogP) is 5.57. The molecule has 1 fully saturated rings. The molecule has 0 saturated heterocycles. The molecule has 1 aromatic heterocycles. The molecule has 3 aromatic rings. The number of halogens is 1. The maximum absolute atomic E-state index is 13.8. The highest BCUT2D eigenvalue weighted by atomic mass is 32.1. The summed E-state index contributed by atoms with van der Waals surface area (Å²) < 4.78 is 13.8. The topological polar surface area (TPSA) is 69.0 Å². The van der Waals surface area contributed by atoms with E-state index in [4.69, 9.17) is 17.9 Å². The molecule has 164 valence electrons. The van der Waals surface area contributed by atoms with Gasteiger partial charge in [-0.3, -0.25) is 15.2 Å². The van der Waals surface area contributed by atoms with Crippen LogP contribution in [0.4, 0.5) is 10.1 Å². The summed E-state index contributed by atoms with van der Waals surface area (Å²) in [4.78, 5) is 16.2. The molecule has 1 atom stereocenters. The second-order valence-corrected chi connectivity index (χ2v) is 8.88. The van der Waals surface area contributed by atoms with Crippen LogP contribution >= 0.6 is 12.6 Å². The molecule has 1 amide bonds. The number of nitrogens with one attached hydrogen (secondary N) is 1. The monoisotopic (exact) mass is 448 g/mol. The molecule has 1 aliphatic carbocycles. The van der Waals surface area contributed by atoms with E-state index in [-0.39, 0.29) is 17.1 Å². The van der Waals surface area contributed by atoms with Crippen molar-refractivity contribution in [3.8, 4) is 6.07 Å². The van der Waals surface area contributed by atoms with Gasteiger partial charge in [0.1, 0.15) is 5.82 Å². The lowest BCUT2D eigenvalue weighted by atomic mass is 9.77. The highest BCUT2D eigenvalue weighted by Gasteiger charge is 2.30. The molecule has 1 N–H and O–H groups in total. The van der Waals surface area contributed by atoms with E-state index in [2.05, 4.69) is 16.5 Å². The van der Waals surface area contributed by atoms with Crippen molar-refractivity contribution in [2.24, 2.45) is 5.92 Å². The lowest BCUT2D eigenvalue weighted by Gasteiger charge is -2.36. The number of carbonyl (C=O) groups excluding carboxylic acids is 1. The Balaban J connectivity index is 1.44. The quantitative estimate of drug-likeness (QED) is 0.224. The number of rotatable bonds is 6. The highest BCUT2D eigenvalue weighted by molar-refractivity contribution is 7.80. The minimum atomic E-state index is -0.282. The number of hydrazine groups is 1. The first-order chi connectivity index (χ1) is 15.5. The zero-order valence-corrected chi connectivity index (χ0v) is 18.7. The molecule has 7 heteroatoms. The molecule has 1 heterocycles. The minimum Gasteiger partial charge on any atom is -0.295 e. The molecular weight excluding hydrogens is 423 g/mol. The Kier molecular flexibility index (Phi) is 6.61. The van der Waals surface area contributed by atoms with Gasteiger partial charge in [-0.25, -0.2) is 9.40 Å². The predicted molar refractivity (Wildman–Crippen MR) is 127 cm³/mol. The van der Waals surface area contributed by atoms with Crippen molar-refractivity contribution in [3.63, 3.8) is 0 Å². The van der Waals surface area contributed by atoms with Crippen molar-refractivity contribution in [1.82, 2.24) is 9.99 Å².